The van der Waals surface area contributed by atoms with Crippen LogP contribution in [0.4, 0.5) is 0 Å². The van der Waals surface area contributed by atoms with Crippen LogP contribution in [0.25, 0.3) is 0 Å². The summed E-state index contributed by atoms with van der Waals surface area (Å²) in [6, 6.07) is 0.682. The van der Waals surface area contributed by atoms with Gasteiger partial charge in [0.25, 0.3) is 5.91 Å². The molecule has 3 unspecified atom stereocenters. The molecule has 110 valence electrons. The number of aromatic nitrogens is 1. The SMILES string of the molecule is CC1CCCCC1NC(=O)c1csc(C2CCCN2)n1. The van der Waals surface area contributed by atoms with Crippen LogP contribution in [0.1, 0.15) is 67.0 Å². The Morgan fingerprint density at radius 2 is 2.20 bits per heavy atom. The molecule has 0 bridgehead atoms. The Kier molecular flexibility index (Phi) is 4.36. The van der Waals surface area contributed by atoms with Gasteiger partial charge < -0.3 is 10.6 Å². The smallest absolute Gasteiger partial charge is 0.270 e. The molecule has 0 radical (unpaired) electrons. The summed E-state index contributed by atoms with van der Waals surface area (Å²) >= 11 is 1.60. The maximum absolute atomic E-state index is 12.3. The lowest BCUT2D eigenvalue weighted by Crippen LogP contribution is -2.41. The highest BCUT2D eigenvalue weighted by Gasteiger charge is 2.25. The van der Waals surface area contributed by atoms with Crippen molar-refractivity contribution in [3.63, 3.8) is 0 Å². The van der Waals surface area contributed by atoms with E-state index in [2.05, 4.69) is 22.5 Å². The van der Waals surface area contributed by atoms with Crippen LogP contribution in [-0.2, 0) is 0 Å². The Morgan fingerprint density at radius 1 is 1.35 bits per heavy atom. The zero-order valence-electron chi connectivity index (χ0n) is 12.0. The van der Waals surface area contributed by atoms with Crippen LogP contribution >= 0.6 is 11.3 Å². The first-order chi connectivity index (χ1) is 9.74. The second-order valence-electron chi connectivity index (χ2n) is 6.06. The molecule has 3 atom stereocenters. The average molecular weight is 293 g/mol. The first-order valence-electron chi connectivity index (χ1n) is 7.73. The third-order valence-corrected chi connectivity index (χ3v) is 5.50. The van der Waals surface area contributed by atoms with Crippen LogP contribution < -0.4 is 10.6 Å². The third-order valence-electron chi connectivity index (χ3n) is 4.54. The Balaban J connectivity index is 1.62. The molecule has 4 nitrogen and oxygen atoms in total. The summed E-state index contributed by atoms with van der Waals surface area (Å²) in [6.07, 6.45) is 7.18. The molecule has 1 saturated heterocycles. The maximum Gasteiger partial charge on any atom is 0.270 e. The molecule has 3 rings (SSSR count). The highest BCUT2D eigenvalue weighted by Crippen LogP contribution is 2.27. The Morgan fingerprint density at radius 3 is 2.95 bits per heavy atom. The molecule has 1 aliphatic heterocycles. The van der Waals surface area contributed by atoms with Gasteiger partial charge in [0.05, 0.1) is 6.04 Å². The molecule has 2 heterocycles. The molecular weight excluding hydrogens is 270 g/mol. The number of rotatable bonds is 3. The summed E-state index contributed by atoms with van der Waals surface area (Å²) in [5, 5.41) is 9.56. The molecule has 0 aromatic carbocycles. The van der Waals surface area contributed by atoms with Crippen LogP contribution in [0.15, 0.2) is 5.38 Å². The number of hydrogen-bond donors (Lipinski definition) is 2. The molecule has 20 heavy (non-hydrogen) atoms. The number of carbonyl (C=O) groups is 1. The highest BCUT2D eigenvalue weighted by molar-refractivity contribution is 7.09. The van der Waals surface area contributed by atoms with Gasteiger partial charge in [0.1, 0.15) is 10.7 Å². The van der Waals surface area contributed by atoms with E-state index >= 15 is 0 Å². The summed E-state index contributed by atoms with van der Waals surface area (Å²) in [5.41, 5.74) is 0.594. The fraction of sp³-hybridized carbons (Fsp3) is 0.733. The molecule has 2 aliphatic rings. The maximum atomic E-state index is 12.3. The van der Waals surface area contributed by atoms with E-state index in [-0.39, 0.29) is 5.91 Å². The minimum atomic E-state index is 0.00393. The predicted molar refractivity (Wildman–Crippen MR) is 81.0 cm³/mol. The molecule has 0 spiro atoms. The van der Waals surface area contributed by atoms with Gasteiger partial charge in [-0.3, -0.25) is 4.79 Å². The van der Waals surface area contributed by atoms with E-state index in [1.807, 2.05) is 5.38 Å². The monoisotopic (exact) mass is 293 g/mol. The molecule has 1 aliphatic carbocycles. The molecule has 1 amide bonds. The summed E-state index contributed by atoms with van der Waals surface area (Å²) in [4.78, 5) is 16.8. The first-order valence-corrected chi connectivity index (χ1v) is 8.61. The number of nitrogens with one attached hydrogen (secondary N) is 2. The molecule has 2 N–H and O–H groups in total. The van der Waals surface area contributed by atoms with E-state index in [1.165, 1.54) is 25.7 Å². The molecule has 1 aromatic heterocycles. The second-order valence-corrected chi connectivity index (χ2v) is 6.95. The number of nitrogens with zero attached hydrogens (tertiary/aromatic N) is 1. The van der Waals surface area contributed by atoms with E-state index in [9.17, 15) is 4.79 Å². The molecule has 1 saturated carbocycles. The van der Waals surface area contributed by atoms with Crippen molar-refractivity contribution in [1.29, 1.82) is 0 Å². The van der Waals surface area contributed by atoms with Gasteiger partial charge in [-0.05, 0) is 38.1 Å². The fourth-order valence-electron chi connectivity index (χ4n) is 3.22. The van der Waals surface area contributed by atoms with E-state index in [0.29, 0.717) is 23.7 Å². The van der Waals surface area contributed by atoms with Gasteiger partial charge in [0.15, 0.2) is 0 Å². The van der Waals surface area contributed by atoms with E-state index in [0.717, 1.165) is 24.4 Å². The summed E-state index contributed by atoms with van der Waals surface area (Å²) < 4.78 is 0. The molecule has 2 fully saturated rings. The van der Waals surface area contributed by atoms with Crippen LogP contribution in [0, 0.1) is 5.92 Å². The highest BCUT2D eigenvalue weighted by atomic mass is 32.1. The predicted octanol–water partition coefficient (Wildman–Crippen LogP) is 2.88. The van der Waals surface area contributed by atoms with Crippen LogP contribution in [-0.4, -0.2) is 23.5 Å². The van der Waals surface area contributed by atoms with Crippen molar-refractivity contribution in [3.8, 4) is 0 Å². The average Bonchev–Trinajstić information content (AvgIpc) is 3.11. The lowest BCUT2D eigenvalue weighted by Gasteiger charge is -2.29. The van der Waals surface area contributed by atoms with Gasteiger partial charge in [-0.25, -0.2) is 4.98 Å². The van der Waals surface area contributed by atoms with Gasteiger partial charge in [-0.15, -0.1) is 11.3 Å². The molecule has 1 aromatic rings. The fourth-order valence-corrected chi connectivity index (χ4v) is 4.13. The number of thiazole rings is 1. The van der Waals surface area contributed by atoms with E-state index in [1.54, 1.807) is 11.3 Å². The van der Waals surface area contributed by atoms with Crippen molar-refractivity contribution in [3.05, 3.63) is 16.1 Å². The quantitative estimate of drug-likeness (QED) is 0.901. The normalized spacial score (nSPS) is 30.4. The van der Waals surface area contributed by atoms with Gasteiger partial charge in [-0.1, -0.05) is 19.8 Å². The van der Waals surface area contributed by atoms with Crippen molar-refractivity contribution in [1.82, 2.24) is 15.6 Å². The lowest BCUT2D eigenvalue weighted by atomic mass is 9.86. The summed E-state index contributed by atoms with van der Waals surface area (Å²) in [5.74, 6) is 0.589. The van der Waals surface area contributed by atoms with Crippen molar-refractivity contribution >= 4 is 17.2 Å². The number of carbonyl (C=O) groups excluding carboxylic acids is 1. The van der Waals surface area contributed by atoms with Gasteiger partial charge in [0.2, 0.25) is 0 Å². The zero-order valence-corrected chi connectivity index (χ0v) is 12.8. The standard InChI is InChI=1S/C15H23N3OS/c1-10-5-2-3-6-11(10)17-14(19)13-9-20-15(18-13)12-7-4-8-16-12/h9-12,16H,2-8H2,1H3,(H,17,19). The Labute approximate surface area is 124 Å². The Hall–Kier alpha value is -0.940. The summed E-state index contributed by atoms with van der Waals surface area (Å²) in [6.45, 7) is 3.30. The van der Waals surface area contributed by atoms with Crippen molar-refractivity contribution in [2.75, 3.05) is 6.54 Å². The van der Waals surface area contributed by atoms with Gasteiger partial charge >= 0.3 is 0 Å². The topological polar surface area (TPSA) is 54.0 Å². The van der Waals surface area contributed by atoms with Crippen LogP contribution in [0.5, 0.6) is 0 Å². The van der Waals surface area contributed by atoms with Crippen LogP contribution in [0.2, 0.25) is 0 Å². The zero-order chi connectivity index (χ0) is 13.9. The van der Waals surface area contributed by atoms with Crippen LogP contribution in [0.3, 0.4) is 0 Å². The number of hydrogen-bond acceptors (Lipinski definition) is 4. The van der Waals surface area contributed by atoms with Crippen molar-refractivity contribution in [2.45, 2.75) is 57.5 Å². The Bertz CT molecular complexity index is 467. The second kappa shape index (κ2) is 6.22. The summed E-state index contributed by atoms with van der Waals surface area (Å²) in [7, 11) is 0. The van der Waals surface area contributed by atoms with Crippen molar-refractivity contribution in [2.24, 2.45) is 5.92 Å². The van der Waals surface area contributed by atoms with E-state index < -0.39 is 0 Å². The first kappa shape index (κ1) is 14.0. The van der Waals surface area contributed by atoms with Gasteiger partial charge in [0, 0.05) is 11.4 Å². The molecule has 5 heteroatoms. The minimum Gasteiger partial charge on any atom is -0.348 e. The van der Waals surface area contributed by atoms with Gasteiger partial charge in [-0.2, -0.15) is 0 Å². The third kappa shape index (κ3) is 3.04. The van der Waals surface area contributed by atoms with Crippen molar-refractivity contribution < 1.29 is 4.79 Å². The molecular formula is C15H23N3OS. The largest absolute Gasteiger partial charge is 0.348 e. The van der Waals surface area contributed by atoms with E-state index in [4.69, 9.17) is 0 Å². The minimum absolute atomic E-state index is 0.00393. The lowest BCUT2D eigenvalue weighted by molar-refractivity contribution is 0.0905. The number of amides is 1.